The lowest BCUT2D eigenvalue weighted by Crippen LogP contribution is -2.19. The Morgan fingerprint density at radius 3 is 2.93 bits per heavy atom. The molecule has 0 bridgehead atoms. The summed E-state index contributed by atoms with van der Waals surface area (Å²) in [5, 5.41) is 11.1. The molecule has 0 saturated heterocycles. The van der Waals surface area contributed by atoms with Gasteiger partial charge in [0.05, 0.1) is 5.69 Å². The summed E-state index contributed by atoms with van der Waals surface area (Å²) in [5.41, 5.74) is 0.638. The topological polar surface area (TPSA) is 65.8 Å². The second-order valence-electron chi connectivity index (χ2n) is 2.50. The fraction of sp³-hybridized carbons (Fsp3) is 0.100. The molecule has 0 aliphatic carbocycles. The highest BCUT2D eigenvalue weighted by Gasteiger charge is 2.05. The molecule has 0 spiro atoms. The average Bonchev–Trinajstić information content (AvgIpc) is 2.26. The maximum absolute atomic E-state index is 11.1. The van der Waals surface area contributed by atoms with E-state index in [1.54, 1.807) is 24.4 Å². The van der Waals surface area contributed by atoms with Crippen molar-refractivity contribution in [2.75, 3.05) is 7.05 Å². The minimum Gasteiger partial charge on any atom is -0.354 e. The standard InChI is InChI=1S/C10H9N3O/c1-12-10(14)8(7-11)6-9-4-2-3-5-13-9/h2-6H,1H3,(H,12,14)/b8-6+. The van der Waals surface area contributed by atoms with Crippen LogP contribution in [-0.2, 0) is 4.79 Å². The number of carbonyl (C=O) groups excluding carboxylic acids is 1. The van der Waals surface area contributed by atoms with Gasteiger partial charge in [-0.2, -0.15) is 5.26 Å². The first-order valence-electron chi connectivity index (χ1n) is 4.03. The Morgan fingerprint density at radius 2 is 2.43 bits per heavy atom. The number of carbonyl (C=O) groups is 1. The lowest BCUT2D eigenvalue weighted by Gasteiger charge is -1.96. The first-order valence-corrected chi connectivity index (χ1v) is 4.03. The zero-order chi connectivity index (χ0) is 10.4. The van der Waals surface area contributed by atoms with Crippen LogP contribution in [0.25, 0.3) is 6.08 Å². The van der Waals surface area contributed by atoms with Crippen LogP contribution in [0.4, 0.5) is 0 Å². The number of nitrogens with one attached hydrogen (secondary N) is 1. The Kier molecular flexibility index (Phi) is 3.39. The number of pyridine rings is 1. The summed E-state index contributed by atoms with van der Waals surface area (Å²) in [6.07, 6.45) is 3.05. The molecular formula is C10H9N3O. The van der Waals surface area contributed by atoms with E-state index in [4.69, 9.17) is 5.26 Å². The minimum atomic E-state index is -0.404. The fourth-order valence-electron chi connectivity index (χ4n) is 0.892. The minimum absolute atomic E-state index is 0.0474. The summed E-state index contributed by atoms with van der Waals surface area (Å²) in [7, 11) is 1.48. The van der Waals surface area contributed by atoms with E-state index in [2.05, 4.69) is 10.3 Å². The average molecular weight is 187 g/mol. The lowest BCUT2D eigenvalue weighted by molar-refractivity contribution is -0.116. The molecule has 0 unspecified atom stereocenters. The van der Waals surface area contributed by atoms with Crippen molar-refractivity contribution >= 4 is 12.0 Å². The number of aromatic nitrogens is 1. The summed E-state index contributed by atoms with van der Waals surface area (Å²) >= 11 is 0. The molecule has 0 saturated carbocycles. The maximum Gasteiger partial charge on any atom is 0.261 e. The molecule has 0 aromatic carbocycles. The van der Waals surface area contributed by atoms with Crippen LogP contribution in [0.3, 0.4) is 0 Å². The number of likely N-dealkylation sites (N-methyl/N-ethyl adjacent to an activating group) is 1. The highest BCUT2D eigenvalue weighted by atomic mass is 16.1. The molecule has 0 fully saturated rings. The molecule has 1 heterocycles. The van der Waals surface area contributed by atoms with Crippen LogP contribution in [0.1, 0.15) is 5.69 Å². The summed E-state index contributed by atoms with van der Waals surface area (Å²) < 4.78 is 0. The van der Waals surface area contributed by atoms with Gasteiger partial charge in [-0.3, -0.25) is 9.78 Å². The van der Waals surface area contributed by atoms with E-state index in [9.17, 15) is 4.79 Å². The zero-order valence-corrected chi connectivity index (χ0v) is 7.69. The molecule has 0 aliphatic rings. The van der Waals surface area contributed by atoms with Crippen molar-refractivity contribution < 1.29 is 4.79 Å². The van der Waals surface area contributed by atoms with E-state index in [0.29, 0.717) is 5.69 Å². The molecule has 4 heteroatoms. The van der Waals surface area contributed by atoms with Crippen molar-refractivity contribution in [3.63, 3.8) is 0 Å². The fourth-order valence-corrected chi connectivity index (χ4v) is 0.892. The summed E-state index contributed by atoms with van der Waals surface area (Å²) in [5.74, 6) is -0.404. The van der Waals surface area contributed by atoms with Gasteiger partial charge in [0.2, 0.25) is 0 Å². The van der Waals surface area contributed by atoms with Gasteiger partial charge in [0.1, 0.15) is 11.6 Å². The van der Waals surface area contributed by atoms with E-state index in [1.165, 1.54) is 13.1 Å². The van der Waals surface area contributed by atoms with Crippen molar-refractivity contribution in [3.8, 4) is 6.07 Å². The van der Waals surface area contributed by atoms with E-state index < -0.39 is 5.91 Å². The van der Waals surface area contributed by atoms with E-state index >= 15 is 0 Å². The van der Waals surface area contributed by atoms with Crippen LogP contribution < -0.4 is 5.32 Å². The van der Waals surface area contributed by atoms with Crippen molar-refractivity contribution in [2.45, 2.75) is 0 Å². The molecule has 1 rings (SSSR count). The van der Waals surface area contributed by atoms with E-state index in [1.807, 2.05) is 6.07 Å². The maximum atomic E-state index is 11.1. The van der Waals surface area contributed by atoms with Crippen LogP contribution in [0.5, 0.6) is 0 Å². The van der Waals surface area contributed by atoms with Crippen LogP contribution >= 0.6 is 0 Å². The number of nitriles is 1. The largest absolute Gasteiger partial charge is 0.354 e. The summed E-state index contributed by atoms with van der Waals surface area (Å²) in [4.78, 5) is 15.1. The molecule has 4 nitrogen and oxygen atoms in total. The van der Waals surface area contributed by atoms with Crippen LogP contribution in [-0.4, -0.2) is 17.9 Å². The Bertz CT molecular complexity index is 390. The molecule has 0 aliphatic heterocycles. The van der Waals surface area contributed by atoms with Crippen molar-refractivity contribution in [1.82, 2.24) is 10.3 Å². The highest BCUT2D eigenvalue weighted by molar-refractivity contribution is 6.01. The van der Waals surface area contributed by atoms with Gasteiger partial charge in [-0.1, -0.05) is 6.07 Å². The normalized spacial score (nSPS) is 10.4. The van der Waals surface area contributed by atoms with Gasteiger partial charge in [0.15, 0.2) is 0 Å². The van der Waals surface area contributed by atoms with E-state index in [-0.39, 0.29) is 5.57 Å². The number of amides is 1. The Balaban J connectivity index is 2.97. The van der Waals surface area contributed by atoms with Gasteiger partial charge in [-0.05, 0) is 18.2 Å². The molecule has 1 amide bonds. The molecular weight excluding hydrogens is 178 g/mol. The SMILES string of the molecule is CNC(=O)/C(C#N)=C/c1ccccn1. The van der Waals surface area contributed by atoms with E-state index in [0.717, 1.165) is 0 Å². The summed E-state index contributed by atoms with van der Waals surface area (Å²) in [6, 6.07) is 7.09. The highest BCUT2D eigenvalue weighted by Crippen LogP contribution is 2.02. The Labute approximate surface area is 81.9 Å². The molecule has 70 valence electrons. The molecule has 0 radical (unpaired) electrons. The van der Waals surface area contributed by atoms with Gasteiger partial charge in [0.25, 0.3) is 5.91 Å². The Hall–Kier alpha value is -2.15. The molecule has 1 aromatic rings. The molecule has 14 heavy (non-hydrogen) atoms. The first-order chi connectivity index (χ1) is 6.77. The van der Waals surface area contributed by atoms with Crippen molar-refractivity contribution in [2.24, 2.45) is 0 Å². The van der Waals surface area contributed by atoms with Gasteiger partial charge in [-0.15, -0.1) is 0 Å². The molecule has 0 atom stereocenters. The van der Waals surface area contributed by atoms with Crippen LogP contribution in [0, 0.1) is 11.3 Å². The second-order valence-corrected chi connectivity index (χ2v) is 2.50. The molecule has 1 aromatic heterocycles. The van der Waals surface area contributed by atoms with Gasteiger partial charge in [0, 0.05) is 13.2 Å². The second kappa shape index (κ2) is 4.77. The lowest BCUT2D eigenvalue weighted by atomic mass is 10.2. The molecule has 1 N–H and O–H groups in total. The first kappa shape index (κ1) is 9.93. The van der Waals surface area contributed by atoms with Crippen LogP contribution in [0.15, 0.2) is 30.0 Å². The predicted molar refractivity (Wildman–Crippen MR) is 51.9 cm³/mol. The quantitative estimate of drug-likeness (QED) is 0.548. The monoisotopic (exact) mass is 187 g/mol. The Morgan fingerprint density at radius 1 is 1.64 bits per heavy atom. The smallest absolute Gasteiger partial charge is 0.261 e. The zero-order valence-electron chi connectivity index (χ0n) is 7.69. The number of hydrogen-bond donors (Lipinski definition) is 1. The van der Waals surface area contributed by atoms with Gasteiger partial charge < -0.3 is 5.32 Å². The third kappa shape index (κ3) is 2.42. The van der Waals surface area contributed by atoms with Crippen molar-refractivity contribution in [3.05, 3.63) is 35.7 Å². The number of rotatable bonds is 2. The predicted octanol–water partition coefficient (Wildman–Crippen LogP) is 0.735. The van der Waals surface area contributed by atoms with Gasteiger partial charge >= 0.3 is 0 Å². The van der Waals surface area contributed by atoms with Gasteiger partial charge in [-0.25, -0.2) is 0 Å². The number of hydrogen-bond acceptors (Lipinski definition) is 3. The van der Waals surface area contributed by atoms with Crippen molar-refractivity contribution in [1.29, 1.82) is 5.26 Å². The third-order valence-electron chi connectivity index (χ3n) is 1.57. The third-order valence-corrected chi connectivity index (χ3v) is 1.57. The van der Waals surface area contributed by atoms with Crippen LogP contribution in [0.2, 0.25) is 0 Å². The summed E-state index contributed by atoms with van der Waals surface area (Å²) in [6.45, 7) is 0. The number of nitrogens with zero attached hydrogens (tertiary/aromatic N) is 2.